The van der Waals surface area contributed by atoms with E-state index in [1.54, 1.807) is 11.3 Å². The predicted octanol–water partition coefficient (Wildman–Crippen LogP) is 5.08. The van der Waals surface area contributed by atoms with Crippen molar-refractivity contribution in [3.63, 3.8) is 0 Å². The van der Waals surface area contributed by atoms with Gasteiger partial charge in [-0.05, 0) is 41.3 Å². The summed E-state index contributed by atoms with van der Waals surface area (Å²) in [6, 6.07) is 21.0. The van der Waals surface area contributed by atoms with Crippen molar-refractivity contribution >= 4 is 34.7 Å². The first kappa shape index (κ1) is 17.5. The van der Waals surface area contributed by atoms with Crippen LogP contribution in [-0.2, 0) is 5.75 Å². The Morgan fingerprint density at radius 2 is 1.96 bits per heavy atom. The maximum absolute atomic E-state index is 12.4. The predicted molar refractivity (Wildman–Crippen MR) is 110 cm³/mol. The molecule has 0 spiro atoms. The molecular formula is C20H16N4OS2. The highest BCUT2D eigenvalue weighted by molar-refractivity contribution is 7.98. The zero-order chi connectivity index (χ0) is 18.5. The van der Waals surface area contributed by atoms with Gasteiger partial charge in [-0.25, -0.2) is 4.98 Å². The highest BCUT2D eigenvalue weighted by Crippen LogP contribution is 2.25. The lowest BCUT2D eigenvalue weighted by Gasteiger charge is -2.06. The topological polar surface area (TPSA) is 70.7 Å². The van der Waals surface area contributed by atoms with E-state index in [1.807, 2.05) is 72.1 Å². The lowest BCUT2D eigenvalue weighted by atomic mass is 10.1. The molecule has 1 amide bonds. The minimum atomic E-state index is -0.120. The van der Waals surface area contributed by atoms with Crippen molar-refractivity contribution in [2.45, 2.75) is 10.9 Å². The number of aromatic amines is 1. The Bertz CT molecular complexity index is 1030. The summed E-state index contributed by atoms with van der Waals surface area (Å²) < 4.78 is 0. The van der Waals surface area contributed by atoms with Gasteiger partial charge in [-0.2, -0.15) is 0 Å². The van der Waals surface area contributed by atoms with Crippen LogP contribution in [-0.4, -0.2) is 21.1 Å². The van der Waals surface area contributed by atoms with Gasteiger partial charge in [0.2, 0.25) is 5.16 Å². The first-order valence-corrected chi connectivity index (χ1v) is 10.2. The highest BCUT2D eigenvalue weighted by Gasteiger charge is 2.09. The summed E-state index contributed by atoms with van der Waals surface area (Å²) in [6.07, 6.45) is 0. The molecule has 134 valence electrons. The molecule has 0 aliphatic carbocycles. The minimum absolute atomic E-state index is 0.120. The maximum atomic E-state index is 12.4. The van der Waals surface area contributed by atoms with Crippen LogP contribution in [0.1, 0.15) is 15.9 Å². The van der Waals surface area contributed by atoms with Gasteiger partial charge in [0.1, 0.15) is 0 Å². The summed E-state index contributed by atoms with van der Waals surface area (Å²) in [6.45, 7) is 0. The Hall–Kier alpha value is -2.90. The molecule has 0 bridgehead atoms. The standard InChI is InChI=1S/C20H16N4OS2/c25-19(21-16-8-2-1-3-9-16)15-7-4-6-14(12-15)13-27-20-22-18(23-24-20)17-10-5-11-26-17/h1-12H,13H2,(H,21,25)(H,22,23,24). The average Bonchev–Trinajstić information content (AvgIpc) is 3.39. The van der Waals surface area contributed by atoms with Crippen LogP contribution in [0.3, 0.4) is 0 Å². The van der Waals surface area contributed by atoms with Crippen LogP contribution in [0.2, 0.25) is 0 Å². The number of hydrogen-bond acceptors (Lipinski definition) is 5. The fourth-order valence-electron chi connectivity index (χ4n) is 2.51. The zero-order valence-electron chi connectivity index (χ0n) is 14.3. The molecule has 0 atom stereocenters. The number of H-pyrrole nitrogens is 1. The number of nitrogens with one attached hydrogen (secondary N) is 2. The first-order valence-electron chi connectivity index (χ1n) is 8.32. The largest absolute Gasteiger partial charge is 0.322 e. The second-order valence-electron chi connectivity index (χ2n) is 5.75. The fraction of sp³-hybridized carbons (Fsp3) is 0.0500. The summed E-state index contributed by atoms with van der Waals surface area (Å²) in [4.78, 5) is 18.0. The second kappa shape index (κ2) is 8.20. The van der Waals surface area contributed by atoms with Gasteiger partial charge in [0.15, 0.2) is 5.82 Å². The van der Waals surface area contributed by atoms with E-state index in [4.69, 9.17) is 0 Å². The van der Waals surface area contributed by atoms with Crippen LogP contribution in [0.15, 0.2) is 77.3 Å². The molecule has 0 saturated heterocycles. The van der Waals surface area contributed by atoms with Crippen molar-refractivity contribution in [2.75, 3.05) is 5.32 Å². The molecular weight excluding hydrogens is 376 g/mol. The minimum Gasteiger partial charge on any atom is -0.322 e. The van der Waals surface area contributed by atoms with E-state index in [9.17, 15) is 4.79 Å². The number of hydrogen-bond donors (Lipinski definition) is 2. The summed E-state index contributed by atoms with van der Waals surface area (Å²) in [5, 5.41) is 12.8. The number of thiophene rings is 1. The van der Waals surface area contributed by atoms with Gasteiger partial charge in [0.05, 0.1) is 4.88 Å². The van der Waals surface area contributed by atoms with Crippen LogP contribution in [0.25, 0.3) is 10.7 Å². The number of aromatic nitrogens is 3. The van der Waals surface area contributed by atoms with Gasteiger partial charge < -0.3 is 5.32 Å². The van der Waals surface area contributed by atoms with Gasteiger partial charge in [-0.1, -0.05) is 48.2 Å². The van der Waals surface area contributed by atoms with Gasteiger partial charge in [-0.15, -0.1) is 16.4 Å². The molecule has 5 nitrogen and oxygen atoms in total. The molecule has 2 aromatic heterocycles. The van der Waals surface area contributed by atoms with Crippen LogP contribution >= 0.6 is 23.1 Å². The Morgan fingerprint density at radius 1 is 1.07 bits per heavy atom. The van der Waals surface area contributed by atoms with Crippen molar-refractivity contribution in [2.24, 2.45) is 0 Å². The summed E-state index contributed by atoms with van der Waals surface area (Å²) in [5.74, 6) is 1.35. The number of anilines is 1. The van der Waals surface area contributed by atoms with E-state index < -0.39 is 0 Å². The van der Waals surface area contributed by atoms with Crippen molar-refractivity contribution < 1.29 is 4.79 Å². The average molecular weight is 393 g/mol. The number of benzene rings is 2. The zero-order valence-corrected chi connectivity index (χ0v) is 15.9. The number of carbonyl (C=O) groups excluding carboxylic acids is 1. The number of amides is 1. The molecule has 0 fully saturated rings. The third kappa shape index (κ3) is 4.45. The molecule has 0 radical (unpaired) electrons. The molecule has 7 heteroatoms. The van der Waals surface area contributed by atoms with Gasteiger partial charge in [-0.3, -0.25) is 9.89 Å². The molecule has 2 N–H and O–H groups in total. The quantitative estimate of drug-likeness (QED) is 0.449. The SMILES string of the molecule is O=C(Nc1ccccc1)c1cccc(CSc2n[nH]c(-c3cccs3)n2)c1. The third-order valence-electron chi connectivity index (χ3n) is 3.81. The second-order valence-corrected chi connectivity index (χ2v) is 7.64. The lowest BCUT2D eigenvalue weighted by molar-refractivity contribution is 0.102. The molecule has 27 heavy (non-hydrogen) atoms. The third-order valence-corrected chi connectivity index (χ3v) is 5.60. The van der Waals surface area contributed by atoms with E-state index in [-0.39, 0.29) is 5.91 Å². The summed E-state index contributed by atoms with van der Waals surface area (Å²) in [7, 11) is 0. The lowest BCUT2D eigenvalue weighted by Crippen LogP contribution is -2.11. The molecule has 2 heterocycles. The maximum Gasteiger partial charge on any atom is 0.255 e. The molecule has 2 aromatic carbocycles. The summed E-state index contributed by atoms with van der Waals surface area (Å²) >= 11 is 3.16. The van der Waals surface area contributed by atoms with Crippen LogP contribution in [0, 0.1) is 0 Å². The first-order chi connectivity index (χ1) is 13.3. The Balaban J connectivity index is 1.40. The number of carbonyl (C=O) groups is 1. The van der Waals surface area contributed by atoms with Gasteiger partial charge in [0, 0.05) is 17.0 Å². The molecule has 0 unspecified atom stereocenters. The van der Waals surface area contributed by atoms with E-state index in [1.165, 1.54) is 11.8 Å². The normalized spacial score (nSPS) is 10.7. The van der Waals surface area contributed by atoms with Crippen molar-refractivity contribution in [3.05, 3.63) is 83.2 Å². The smallest absolute Gasteiger partial charge is 0.255 e. The van der Waals surface area contributed by atoms with Crippen LogP contribution in [0.5, 0.6) is 0 Å². The van der Waals surface area contributed by atoms with Crippen molar-refractivity contribution in [3.8, 4) is 10.7 Å². The highest BCUT2D eigenvalue weighted by atomic mass is 32.2. The Labute approximate surface area is 164 Å². The molecule has 0 saturated carbocycles. The molecule has 4 aromatic rings. The molecule has 4 rings (SSSR count). The number of para-hydroxylation sites is 1. The monoisotopic (exact) mass is 392 g/mol. The van der Waals surface area contributed by atoms with E-state index in [0.29, 0.717) is 16.5 Å². The molecule has 0 aliphatic rings. The summed E-state index contributed by atoms with van der Waals surface area (Å²) in [5.41, 5.74) is 2.46. The van der Waals surface area contributed by atoms with E-state index in [0.717, 1.165) is 22.0 Å². The fourth-order valence-corrected chi connectivity index (χ4v) is 3.91. The van der Waals surface area contributed by atoms with Gasteiger partial charge >= 0.3 is 0 Å². The number of rotatable bonds is 6. The van der Waals surface area contributed by atoms with Gasteiger partial charge in [0.25, 0.3) is 5.91 Å². The molecule has 0 aliphatic heterocycles. The van der Waals surface area contributed by atoms with E-state index in [2.05, 4.69) is 20.5 Å². The Kier molecular flexibility index (Phi) is 5.32. The van der Waals surface area contributed by atoms with Crippen molar-refractivity contribution in [1.29, 1.82) is 0 Å². The number of nitrogens with zero attached hydrogens (tertiary/aromatic N) is 2. The van der Waals surface area contributed by atoms with Crippen LogP contribution in [0.4, 0.5) is 5.69 Å². The Morgan fingerprint density at radius 3 is 2.78 bits per heavy atom. The number of thioether (sulfide) groups is 1. The van der Waals surface area contributed by atoms with Crippen molar-refractivity contribution in [1.82, 2.24) is 15.2 Å². The van der Waals surface area contributed by atoms with E-state index >= 15 is 0 Å². The van der Waals surface area contributed by atoms with Crippen LogP contribution < -0.4 is 5.32 Å².